The third kappa shape index (κ3) is 6.34. The van der Waals surface area contributed by atoms with Crippen LogP contribution in [0.2, 0.25) is 0 Å². The van der Waals surface area contributed by atoms with Gasteiger partial charge in [-0.15, -0.1) is 24.2 Å². The fourth-order valence-corrected chi connectivity index (χ4v) is 4.32. The first-order chi connectivity index (χ1) is 12.8. The molecule has 5 heteroatoms. The minimum absolute atomic E-state index is 0. The Morgan fingerprint density at radius 1 is 1.00 bits per heavy atom. The minimum Gasteiger partial charge on any atom is -0.497 e. The average molecular weight is 407 g/mol. The van der Waals surface area contributed by atoms with Crippen LogP contribution in [0, 0.1) is 0 Å². The number of benzene rings is 2. The molecular formula is C22H31ClN2OS. The third-order valence-corrected chi connectivity index (χ3v) is 6.16. The Morgan fingerprint density at radius 2 is 1.78 bits per heavy atom. The molecule has 0 atom stereocenters. The average Bonchev–Trinajstić information content (AvgIpc) is 2.71. The van der Waals surface area contributed by atoms with Crippen LogP contribution in [0.15, 0.2) is 53.4 Å². The molecule has 2 aromatic rings. The van der Waals surface area contributed by atoms with Gasteiger partial charge in [0, 0.05) is 37.6 Å². The SMILES string of the molecule is CCCSc1ccccc1N1CCN(CCc2cccc(OC)c2)CC1.Cl. The highest BCUT2D eigenvalue weighted by Gasteiger charge is 2.19. The molecule has 0 aliphatic carbocycles. The second kappa shape index (κ2) is 11.5. The molecule has 3 rings (SSSR count). The molecule has 1 heterocycles. The van der Waals surface area contributed by atoms with Gasteiger partial charge in [0.25, 0.3) is 0 Å². The van der Waals surface area contributed by atoms with Crippen LogP contribution in [-0.4, -0.2) is 50.5 Å². The Balaban J connectivity index is 0.00000261. The van der Waals surface area contributed by atoms with E-state index in [9.17, 15) is 0 Å². The van der Waals surface area contributed by atoms with Crippen LogP contribution in [-0.2, 0) is 6.42 Å². The van der Waals surface area contributed by atoms with Gasteiger partial charge in [-0.25, -0.2) is 0 Å². The van der Waals surface area contributed by atoms with Crippen LogP contribution < -0.4 is 9.64 Å². The number of hydrogen-bond donors (Lipinski definition) is 0. The summed E-state index contributed by atoms with van der Waals surface area (Å²) in [6, 6.07) is 17.3. The molecule has 0 N–H and O–H groups in total. The Labute approximate surface area is 174 Å². The lowest BCUT2D eigenvalue weighted by molar-refractivity contribution is 0.260. The maximum Gasteiger partial charge on any atom is 0.119 e. The van der Waals surface area contributed by atoms with Gasteiger partial charge in [0.15, 0.2) is 0 Å². The number of rotatable bonds is 8. The molecule has 2 aromatic carbocycles. The molecule has 1 aliphatic rings. The molecule has 0 spiro atoms. The van der Waals surface area contributed by atoms with E-state index in [1.54, 1.807) is 7.11 Å². The molecule has 1 saturated heterocycles. The first-order valence-corrected chi connectivity index (χ1v) is 10.6. The fourth-order valence-electron chi connectivity index (χ4n) is 3.38. The third-order valence-electron chi connectivity index (χ3n) is 4.89. The Morgan fingerprint density at radius 3 is 2.52 bits per heavy atom. The van der Waals surface area contributed by atoms with Crippen LogP contribution in [0.5, 0.6) is 5.75 Å². The summed E-state index contributed by atoms with van der Waals surface area (Å²) in [6.45, 7) is 7.86. The van der Waals surface area contributed by atoms with Crippen LogP contribution in [0.3, 0.4) is 0 Å². The topological polar surface area (TPSA) is 15.7 Å². The van der Waals surface area contributed by atoms with Gasteiger partial charge in [-0.05, 0) is 48.4 Å². The number of halogens is 1. The molecular weight excluding hydrogens is 376 g/mol. The smallest absolute Gasteiger partial charge is 0.119 e. The zero-order chi connectivity index (χ0) is 18.2. The van der Waals surface area contributed by atoms with Crippen molar-refractivity contribution in [3.63, 3.8) is 0 Å². The van der Waals surface area contributed by atoms with Crippen molar-refractivity contribution in [1.82, 2.24) is 4.90 Å². The summed E-state index contributed by atoms with van der Waals surface area (Å²) in [7, 11) is 1.73. The van der Waals surface area contributed by atoms with Gasteiger partial charge in [-0.2, -0.15) is 0 Å². The standard InChI is InChI=1S/C22H30N2OS.ClH/c1-3-17-26-22-10-5-4-9-21(22)24-15-13-23(14-16-24)12-11-19-7-6-8-20(18-19)25-2;/h4-10,18H,3,11-17H2,1-2H3;1H. The number of piperazine rings is 1. The number of hydrogen-bond acceptors (Lipinski definition) is 4. The van der Waals surface area contributed by atoms with E-state index in [4.69, 9.17) is 4.74 Å². The van der Waals surface area contributed by atoms with Crippen molar-refractivity contribution < 1.29 is 4.74 Å². The zero-order valence-electron chi connectivity index (χ0n) is 16.4. The summed E-state index contributed by atoms with van der Waals surface area (Å²) in [5.74, 6) is 2.14. The number of thioether (sulfide) groups is 1. The Kier molecular flexibility index (Phi) is 9.32. The highest BCUT2D eigenvalue weighted by Crippen LogP contribution is 2.31. The second-order valence-electron chi connectivity index (χ2n) is 6.75. The predicted molar refractivity (Wildman–Crippen MR) is 120 cm³/mol. The van der Waals surface area contributed by atoms with Gasteiger partial charge in [0.2, 0.25) is 0 Å². The van der Waals surface area contributed by atoms with Crippen molar-refractivity contribution in [1.29, 1.82) is 0 Å². The van der Waals surface area contributed by atoms with Crippen LogP contribution >= 0.6 is 24.2 Å². The van der Waals surface area contributed by atoms with Gasteiger partial charge >= 0.3 is 0 Å². The molecule has 0 aromatic heterocycles. The van der Waals surface area contributed by atoms with Gasteiger partial charge in [0.05, 0.1) is 12.8 Å². The van der Waals surface area contributed by atoms with E-state index in [-0.39, 0.29) is 12.4 Å². The molecule has 0 bridgehead atoms. The van der Waals surface area contributed by atoms with Crippen LogP contribution in [0.4, 0.5) is 5.69 Å². The summed E-state index contributed by atoms with van der Waals surface area (Å²) in [5, 5.41) is 0. The van der Waals surface area contributed by atoms with Crippen LogP contribution in [0.1, 0.15) is 18.9 Å². The number of ether oxygens (including phenoxy) is 1. The van der Waals surface area contributed by atoms with Gasteiger partial charge in [0.1, 0.15) is 5.75 Å². The number of anilines is 1. The summed E-state index contributed by atoms with van der Waals surface area (Å²) >= 11 is 1.99. The highest BCUT2D eigenvalue weighted by molar-refractivity contribution is 7.99. The van der Waals surface area contributed by atoms with Gasteiger partial charge in [-0.1, -0.05) is 31.2 Å². The molecule has 1 fully saturated rings. The highest BCUT2D eigenvalue weighted by atomic mass is 35.5. The summed E-state index contributed by atoms with van der Waals surface area (Å²) in [4.78, 5) is 6.57. The van der Waals surface area contributed by atoms with Gasteiger partial charge in [-0.3, -0.25) is 4.90 Å². The van der Waals surface area contributed by atoms with Crippen LogP contribution in [0.25, 0.3) is 0 Å². The molecule has 0 amide bonds. The molecule has 0 radical (unpaired) electrons. The molecule has 27 heavy (non-hydrogen) atoms. The van der Waals surface area contributed by atoms with E-state index in [0.29, 0.717) is 0 Å². The van der Waals surface area contributed by atoms with Crippen molar-refractivity contribution in [3.05, 3.63) is 54.1 Å². The Bertz CT molecular complexity index is 690. The van der Waals surface area contributed by atoms with E-state index < -0.39 is 0 Å². The molecule has 0 saturated carbocycles. The summed E-state index contributed by atoms with van der Waals surface area (Å²) in [6.07, 6.45) is 2.30. The molecule has 1 aliphatic heterocycles. The monoisotopic (exact) mass is 406 g/mol. The largest absolute Gasteiger partial charge is 0.497 e. The molecule has 3 nitrogen and oxygen atoms in total. The van der Waals surface area contributed by atoms with Crippen molar-refractivity contribution in [2.75, 3.05) is 50.5 Å². The molecule has 148 valence electrons. The summed E-state index contributed by atoms with van der Waals surface area (Å²) in [5.41, 5.74) is 2.77. The lowest BCUT2D eigenvalue weighted by Gasteiger charge is -2.37. The Hall–Kier alpha value is -1.36. The lowest BCUT2D eigenvalue weighted by Crippen LogP contribution is -2.47. The first kappa shape index (κ1) is 21.9. The van der Waals surface area contributed by atoms with E-state index in [1.165, 1.54) is 28.3 Å². The predicted octanol–water partition coefficient (Wildman–Crippen LogP) is 4.98. The lowest BCUT2D eigenvalue weighted by atomic mass is 10.1. The van der Waals surface area contributed by atoms with Gasteiger partial charge < -0.3 is 9.64 Å². The van der Waals surface area contributed by atoms with E-state index in [0.717, 1.165) is 44.9 Å². The first-order valence-electron chi connectivity index (χ1n) is 9.62. The zero-order valence-corrected chi connectivity index (χ0v) is 18.0. The molecule has 0 unspecified atom stereocenters. The quantitative estimate of drug-likeness (QED) is 0.574. The van der Waals surface area contributed by atoms with Crippen molar-refractivity contribution in [2.24, 2.45) is 0 Å². The number of methoxy groups -OCH3 is 1. The van der Waals surface area contributed by atoms with E-state index in [2.05, 4.69) is 59.2 Å². The minimum atomic E-state index is 0. The maximum absolute atomic E-state index is 5.33. The van der Waals surface area contributed by atoms with Crippen molar-refractivity contribution in [2.45, 2.75) is 24.7 Å². The normalized spacial score (nSPS) is 14.7. The maximum atomic E-state index is 5.33. The number of nitrogens with zero attached hydrogens (tertiary/aromatic N) is 2. The van der Waals surface area contributed by atoms with E-state index in [1.807, 2.05) is 17.8 Å². The fraction of sp³-hybridized carbons (Fsp3) is 0.455. The number of para-hydroxylation sites is 1. The van der Waals surface area contributed by atoms with Crippen molar-refractivity contribution in [3.8, 4) is 5.75 Å². The van der Waals surface area contributed by atoms with Crippen molar-refractivity contribution >= 4 is 29.9 Å². The summed E-state index contributed by atoms with van der Waals surface area (Å²) < 4.78 is 5.33. The van der Waals surface area contributed by atoms with E-state index >= 15 is 0 Å². The second-order valence-corrected chi connectivity index (χ2v) is 7.88.